The van der Waals surface area contributed by atoms with Crippen molar-refractivity contribution in [1.82, 2.24) is 14.5 Å². The average molecular weight is 444 g/mol. The Balaban J connectivity index is 1.59. The molecule has 0 radical (unpaired) electrons. The highest BCUT2D eigenvalue weighted by atomic mass is 16.5. The fourth-order valence-corrected chi connectivity index (χ4v) is 4.33. The van der Waals surface area contributed by atoms with Crippen LogP contribution in [0.2, 0.25) is 0 Å². The number of rotatable bonds is 6. The first-order chi connectivity index (χ1) is 16.0. The lowest BCUT2D eigenvalue weighted by molar-refractivity contribution is 0.100. The fraction of sp³-hybridized carbons (Fsp3) is 0.240. The predicted octanol–water partition coefficient (Wildman–Crippen LogP) is 3.00. The number of nitrogens with one attached hydrogen (secondary N) is 1. The first kappa shape index (κ1) is 21.1. The normalized spacial score (nSPS) is 13.2. The Hall–Kier alpha value is -3.75. The van der Waals surface area contributed by atoms with Crippen LogP contribution in [0.4, 0.5) is 5.82 Å². The average Bonchev–Trinajstić information content (AvgIpc) is 3.18. The lowest BCUT2D eigenvalue weighted by Crippen LogP contribution is -2.19. The minimum Gasteiger partial charge on any atom is -0.392 e. The summed E-state index contributed by atoms with van der Waals surface area (Å²) < 4.78 is 7.63. The van der Waals surface area contributed by atoms with Crippen LogP contribution in [0.25, 0.3) is 16.9 Å². The van der Waals surface area contributed by atoms with E-state index >= 15 is 0 Å². The zero-order valence-electron chi connectivity index (χ0n) is 18.3. The number of aryl methyl sites for hydroxylation is 1. The minimum absolute atomic E-state index is 0.00199. The third-order valence-electron chi connectivity index (χ3n) is 5.94. The Morgan fingerprint density at radius 2 is 2.00 bits per heavy atom. The zero-order chi connectivity index (χ0) is 22.9. The molecule has 1 aliphatic rings. The van der Waals surface area contributed by atoms with Crippen molar-refractivity contribution in [3.63, 3.8) is 0 Å². The molecule has 4 N–H and O–H groups in total. The van der Waals surface area contributed by atoms with Crippen LogP contribution in [0, 0.1) is 6.92 Å². The summed E-state index contributed by atoms with van der Waals surface area (Å²) in [6.07, 6.45) is 0.699. The second kappa shape index (κ2) is 8.65. The molecule has 168 valence electrons. The molecule has 1 aliphatic heterocycles. The summed E-state index contributed by atoms with van der Waals surface area (Å²) in [5, 5.41) is 13.6. The second-order valence-corrected chi connectivity index (χ2v) is 8.16. The van der Waals surface area contributed by atoms with Gasteiger partial charge in [0, 0.05) is 35.2 Å². The van der Waals surface area contributed by atoms with Crippen molar-refractivity contribution in [2.45, 2.75) is 33.1 Å². The molecule has 0 aliphatic carbocycles. The number of ether oxygens (including phenoxy) is 1. The molecule has 0 atom stereocenters. The van der Waals surface area contributed by atoms with Crippen LogP contribution in [0.5, 0.6) is 0 Å². The first-order valence-electron chi connectivity index (χ1n) is 10.9. The van der Waals surface area contributed by atoms with Crippen LogP contribution in [0.1, 0.15) is 38.4 Å². The van der Waals surface area contributed by atoms with E-state index in [1.54, 1.807) is 6.07 Å². The summed E-state index contributed by atoms with van der Waals surface area (Å²) in [6, 6.07) is 15.2. The smallest absolute Gasteiger partial charge is 0.249 e. The van der Waals surface area contributed by atoms with Gasteiger partial charge in [-0.05, 0) is 36.2 Å². The lowest BCUT2D eigenvalue weighted by Gasteiger charge is -2.21. The molecule has 33 heavy (non-hydrogen) atoms. The van der Waals surface area contributed by atoms with Crippen molar-refractivity contribution >= 4 is 22.6 Å². The summed E-state index contributed by atoms with van der Waals surface area (Å²) in [5.74, 6) is 0.793. The van der Waals surface area contributed by atoms with Gasteiger partial charge in [0.15, 0.2) is 0 Å². The standard InChI is InChI=1S/C25H25N5O3/c1-15-10-19-18(23(26)32)6-3-7-22(19)30(15)25-28-21-8-9-33-14-20(21)24(29-25)27-12-16-4-2-5-17(11-16)13-31/h2-7,10-11,31H,8-9,12-14H2,1H3,(H2,26,32)(H,27,28,29). The van der Waals surface area contributed by atoms with Crippen LogP contribution in [-0.2, 0) is 30.9 Å². The number of aliphatic hydroxyl groups excluding tert-OH is 1. The molecule has 2 aromatic carbocycles. The van der Waals surface area contributed by atoms with Crippen LogP contribution in [0.15, 0.2) is 48.5 Å². The van der Waals surface area contributed by atoms with E-state index in [1.165, 1.54) is 0 Å². The number of carbonyl (C=O) groups excluding carboxylic acids is 1. The maximum absolute atomic E-state index is 11.9. The predicted molar refractivity (Wildman–Crippen MR) is 125 cm³/mol. The molecule has 3 heterocycles. The topological polar surface area (TPSA) is 115 Å². The van der Waals surface area contributed by atoms with Crippen LogP contribution in [0.3, 0.4) is 0 Å². The quantitative estimate of drug-likeness (QED) is 0.422. The molecule has 1 amide bonds. The van der Waals surface area contributed by atoms with Gasteiger partial charge in [0.25, 0.3) is 0 Å². The van der Waals surface area contributed by atoms with E-state index in [0.29, 0.717) is 37.7 Å². The maximum atomic E-state index is 11.9. The Morgan fingerprint density at radius 3 is 2.82 bits per heavy atom. The van der Waals surface area contributed by atoms with Gasteiger partial charge >= 0.3 is 0 Å². The number of fused-ring (bicyclic) bond motifs is 2. The molecule has 5 rings (SSSR count). The summed E-state index contributed by atoms with van der Waals surface area (Å²) >= 11 is 0. The van der Waals surface area contributed by atoms with E-state index in [2.05, 4.69) is 5.32 Å². The highest BCUT2D eigenvalue weighted by Gasteiger charge is 2.21. The van der Waals surface area contributed by atoms with Crippen LogP contribution in [-0.4, -0.2) is 32.2 Å². The lowest BCUT2D eigenvalue weighted by atomic mass is 10.1. The van der Waals surface area contributed by atoms with Gasteiger partial charge in [-0.3, -0.25) is 9.36 Å². The number of nitrogens with two attached hydrogens (primary N) is 1. The molecule has 0 saturated heterocycles. The highest BCUT2D eigenvalue weighted by molar-refractivity contribution is 6.06. The number of hydrogen-bond acceptors (Lipinski definition) is 6. The number of carbonyl (C=O) groups is 1. The Bertz CT molecular complexity index is 1360. The molecule has 0 spiro atoms. The number of aliphatic hydroxyl groups is 1. The second-order valence-electron chi connectivity index (χ2n) is 8.16. The molecule has 0 unspecified atom stereocenters. The van der Waals surface area contributed by atoms with E-state index in [9.17, 15) is 9.90 Å². The highest BCUT2D eigenvalue weighted by Crippen LogP contribution is 2.29. The van der Waals surface area contributed by atoms with Crippen molar-refractivity contribution in [3.8, 4) is 5.95 Å². The van der Waals surface area contributed by atoms with E-state index in [4.69, 9.17) is 20.4 Å². The van der Waals surface area contributed by atoms with Gasteiger partial charge in [-0.25, -0.2) is 4.98 Å². The van der Waals surface area contributed by atoms with Gasteiger partial charge in [-0.2, -0.15) is 4.98 Å². The number of amides is 1. The molecule has 8 heteroatoms. The summed E-state index contributed by atoms with van der Waals surface area (Å²) in [4.78, 5) is 21.7. The van der Waals surface area contributed by atoms with Crippen LogP contribution < -0.4 is 11.1 Å². The van der Waals surface area contributed by atoms with Crippen molar-refractivity contribution in [3.05, 3.63) is 82.2 Å². The third-order valence-corrected chi connectivity index (χ3v) is 5.94. The minimum atomic E-state index is -0.464. The molecule has 4 aromatic rings. The summed E-state index contributed by atoms with van der Waals surface area (Å²) in [7, 11) is 0. The van der Waals surface area contributed by atoms with Gasteiger partial charge in [0.05, 0.1) is 31.0 Å². The number of anilines is 1. The van der Waals surface area contributed by atoms with Crippen molar-refractivity contribution in [2.75, 3.05) is 11.9 Å². The first-order valence-corrected chi connectivity index (χ1v) is 10.9. The number of benzene rings is 2. The van der Waals surface area contributed by atoms with E-state index in [-0.39, 0.29) is 6.61 Å². The monoisotopic (exact) mass is 443 g/mol. The van der Waals surface area contributed by atoms with Gasteiger partial charge < -0.3 is 20.9 Å². The van der Waals surface area contributed by atoms with Crippen molar-refractivity contribution < 1.29 is 14.6 Å². The maximum Gasteiger partial charge on any atom is 0.249 e. The van der Waals surface area contributed by atoms with E-state index < -0.39 is 5.91 Å². The molecule has 0 saturated carbocycles. The SMILES string of the molecule is Cc1cc2c(C(N)=O)cccc2n1-c1nc2c(c(NCc3cccc(CO)c3)n1)COCC2. The number of aromatic nitrogens is 3. The molecule has 0 bridgehead atoms. The molecular weight excluding hydrogens is 418 g/mol. The van der Waals surface area contributed by atoms with Crippen LogP contribution >= 0.6 is 0 Å². The molecule has 2 aromatic heterocycles. The van der Waals surface area contributed by atoms with Gasteiger partial charge in [-0.15, -0.1) is 0 Å². The Kier molecular flexibility index (Phi) is 5.53. The summed E-state index contributed by atoms with van der Waals surface area (Å²) in [6.45, 7) is 3.57. The Morgan fingerprint density at radius 1 is 1.18 bits per heavy atom. The number of primary amides is 1. The fourth-order valence-electron chi connectivity index (χ4n) is 4.33. The number of nitrogens with zero attached hydrogens (tertiary/aromatic N) is 3. The molecule has 8 nitrogen and oxygen atoms in total. The van der Waals surface area contributed by atoms with Gasteiger partial charge in [0.1, 0.15) is 5.82 Å². The molecule has 0 fully saturated rings. The van der Waals surface area contributed by atoms with Crippen molar-refractivity contribution in [2.24, 2.45) is 5.73 Å². The van der Waals surface area contributed by atoms with Crippen molar-refractivity contribution in [1.29, 1.82) is 0 Å². The largest absolute Gasteiger partial charge is 0.392 e. The van der Waals surface area contributed by atoms with Gasteiger partial charge in [-0.1, -0.05) is 30.3 Å². The summed E-state index contributed by atoms with van der Waals surface area (Å²) in [5.41, 5.74) is 11.6. The Labute approximate surface area is 191 Å². The third kappa shape index (κ3) is 3.94. The van der Waals surface area contributed by atoms with Gasteiger partial charge in [0.2, 0.25) is 11.9 Å². The number of hydrogen-bond donors (Lipinski definition) is 3. The van der Waals surface area contributed by atoms with E-state index in [0.717, 1.165) is 44.8 Å². The zero-order valence-corrected chi connectivity index (χ0v) is 18.3. The molecular formula is C25H25N5O3. The van der Waals surface area contributed by atoms with E-state index in [1.807, 2.05) is 54.0 Å².